The molecule has 1 aromatic rings. The highest BCUT2D eigenvalue weighted by Crippen LogP contribution is 2.61. The van der Waals surface area contributed by atoms with E-state index in [9.17, 15) is 0 Å². The van der Waals surface area contributed by atoms with E-state index in [1.165, 1.54) is 50.3 Å². The second-order valence-electron chi connectivity index (χ2n) is 8.13. The van der Waals surface area contributed by atoms with Crippen molar-refractivity contribution in [2.24, 2.45) is 17.8 Å². The molecule has 0 aromatic heterocycles. The van der Waals surface area contributed by atoms with Crippen LogP contribution in [0.1, 0.15) is 44.1 Å². The first-order chi connectivity index (χ1) is 12.2. The van der Waals surface area contributed by atoms with Gasteiger partial charge in [0, 0.05) is 13.2 Å². The molecule has 128 valence electrons. The predicted molar refractivity (Wildman–Crippen MR) is 98.8 cm³/mol. The molecule has 4 aliphatic carbocycles. The topological polar surface area (TPSA) is 71.6 Å². The first kappa shape index (κ1) is 16.0. The van der Waals surface area contributed by atoms with Gasteiger partial charge in [0.15, 0.2) is 0 Å². The number of anilines is 2. The smallest absolute Gasteiger partial charge is 0.145 e. The number of allylic oxidation sites excluding steroid dienone is 1. The summed E-state index contributed by atoms with van der Waals surface area (Å²) in [6.45, 7) is 0. The standard InChI is InChI=1S/C21H24N4/c1-24-19-3-2-18(7-20(19)25-13-17(11-22)12-23)21-8-14-4-15(9-21)6-16(5-14)10-21/h2-3,7,13-16,24-25H,4-6,8-10H2,1H3. The van der Waals surface area contributed by atoms with Crippen LogP contribution >= 0.6 is 0 Å². The molecule has 25 heavy (non-hydrogen) atoms. The van der Waals surface area contributed by atoms with Crippen molar-refractivity contribution in [3.63, 3.8) is 0 Å². The molecule has 0 aliphatic heterocycles. The van der Waals surface area contributed by atoms with Gasteiger partial charge in [0.2, 0.25) is 0 Å². The Morgan fingerprint density at radius 3 is 2.16 bits per heavy atom. The van der Waals surface area contributed by atoms with Crippen molar-refractivity contribution >= 4 is 11.4 Å². The monoisotopic (exact) mass is 332 g/mol. The van der Waals surface area contributed by atoms with Crippen LogP contribution in [0.4, 0.5) is 11.4 Å². The highest BCUT2D eigenvalue weighted by molar-refractivity contribution is 5.71. The van der Waals surface area contributed by atoms with Crippen LogP contribution in [0.15, 0.2) is 30.0 Å². The van der Waals surface area contributed by atoms with Crippen LogP contribution in [-0.2, 0) is 5.41 Å². The number of hydrogen-bond donors (Lipinski definition) is 2. The van der Waals surface area contributed by atoms with Gasteiger partial charge in [0.25, 0.3) is 0 Å². The Balaban J connectivity index is 1.67. The largest absolute Gasteiger partial charge is 0.386 e. The molecule has 0 radical (unpaired) electrons. The van der Waals surface area contributed by atoms with E-state index in [-0.39, 0.29) is 5.57 Å². The fraction of sp³-hybridized carbons (Fsp3) is 0.524. The van der Waals surface area contributed by atoms with Crippen LogP contribution in [0.2, 0.25) is 0 Å². The maximum Gasteiger partial charge on any atom is 0.145 e. The van der Waals surface area contributed by atoms with Gasteiger partial charge in [-0.1, -0.05) is 6.07 Å². The Labute approximate surface area is 149 Å². The first-order valence-corrected chi connectivity index (χ1v) is 9.25. The Hall–Kier alpha value is -2.46. The molecule has 0 spiro atoms. The van der Waals surface area contributed by atoms with Gasteiger partial charge in [-0.3, -0.25) is 0 Å². The van der Waals surface area contributed by atoms with E-state index in [1.807, 2.05) is 19.2 Å². The molecule has 4 saturated carbocycles. The van der Waals surface area contributed by atoms with Crippen LogP contribution in [-0.4, -0.2) is 7.05 Å². The molecular formula is C21H24N4. The number of hydrogen-bond acceptors (Lipinski definition) is 4. The third kappa shape index (κ3) is 2.76. The third-order valence-electron chi connectivity index (χ3n) is 6.55. The summed E-state index contributed by atoms with van der Waals surface area (Å²) in [7, 11) is 1.89. The molecule has 0 heterocycles. The molecule has 4 fully saturated rings. The molecule has 4 heteroatoms. The Bertz CT molecular complexity index is 742. The predicted octanol–water partition coefficient (Wildman–Crippen LogP) is 4.54. The first-order valence-electron chi connectivity index (χ1n) is 9.25. The van der Waals surface area contributed by atoms with Gasteiger partial charge in [-0.05, 0) is 79.4 Å². The summed E-state index contributed by atoms with van der Waals surface area (Å²) in [4.78, 5) is 0. The lowest BCUT2D eigenvalue weighted by atomic mass is 9.48. The molecule has 4 nitrogen and oxygen atoms in total. The average Bonchev–Trinajstić information content (AvgIpc) is 2.61. The van der Waals surface area contributed by atoms with Gasteiger partial charge in [0.05, 0.1) is 11.4 Å². The van der Waals surface area contributed by atoms with E-state index in [0.29, 0.717) is 5.41 Å². The van der Waals surface area contributed by atoms with E-state index in [4.69, 9.17) is 10.5 Å². The summed E-state index contributed by atoms with van der Waals surface area (Å²) in [5.74, 6) is 2.74. The van der Waals surface area contributed by atoms with E-state index < -0.39 is 0 Å². The fourth-order valence-electron chi connectivity index (χ4n) is 5.92. The lowest BCUT2D eigenvalue weighted by Gasteiger charge is -2.57. The second-order valence-corrected chi connectivity index (χ2v) is 8.13. The van der Waals surface area contributed by atoms with Crippen LogP contribution < -0.4 is 10.6 Å². The zero-order valence-electron chi connectivity index (χ0n) is 14.7. The van der Waals surface area contributed by atoms with Gasteiger partial charge in [-0.25, -0.2) is 0 Å². The zero-order valence-corrected chi connectivity index (χ0v) is 14.7. The minimum atomic E-state index is 0.0854. The van der Waals surface area contributed by atoms with Crippen molar-refractivity contribution in [1.29, 1.82) is 10.5 Å². The number of nitrogens with zero attached hydrogens (tertiary/aromatic N) is 2. The van der Waals surface area contributed by atoms with Crippen LogP contribution in [0.5, 0.6) is 0 Å². The molecule has 4 aliphatic rings. The Kier molecular flexibility index (Phi) is 3.92. The molecule has 4 bridgehead atoms. The normalized spacial score (nSPS) is 31.7. The SMILES string of the molecule is CNc1ccc(C23CC4CC(CC(C4)C2)C3)cc1NC=C(C#N)C#N. The highest BCUT2D eigenvalue weighted by Gasteiger charge is 2.51. The van der Waals surface area contributed by atoms with Gasteiger partial charge in [0.1, 0.15) is 17.7 Å². The molecule has 0 atom stereocenters. The summed E-state index contributed by atoms with van der Waals surface area (Å²) in [5.41, 5.74) is 3.78. The summed E-state index contributed by atoms with van der Waals surface area (Å²) in [5, 5.41) is 24.3. The highest BCUT2D eigenvalue weighted by atomic mass is 14.9. The van der Waals surface area contributed by atoms with Gasteiger partial charge >= 0.3 is 0 Å². The number of benzene rings is 1. The number of nitriles is 2. The molecule has 2 N–H and O–H groups in total. The molecule has 0 amide bonds. The average molecular weight is 332 g/mol. The van der Waals surface area contributed by atoms with Crippen molar-refractivity contribution < 1.29 is 0 Å². The van der Waals surface area contributed by atoms with Crippen LogP contribution in [0.3, 0.4) is 0 Å². The molecular weight excluding hydrogens is 308 g/mol. The second kappa shape index (κ2) is 6.12. The number of nitrogens with one attached hydrogen (secondary N) is 2. The molecule has 0 unspecified atom stereocenters. The van der Waals surface area contributed by atoms with Gasteiger partial charge in [-0.15, -0.1) is 0 Å². The minimum absolute atomic E-state index is 0.0854. The lowest BCUT2D eigenvalue weighted by Crippen LogP contribution is -2.48. The summed E-state index contributed by atoms with van der Waals surface area (Å²) in [6, 6.07) is 10.4. The Morgan fingerprint density at radius 1 is 1.04 bits per heavy atom. The molecule has 0 saturated heterocycles. The zero-order chi connectivity index (χ0) is 17.4. The van der Waals surface area contributed by atoms with E-state index in [1.54, 1.807) is 0 Å². The number of rotatable bonds is 4. The fourth-order valence-corrected chi connectivity index (χ4v) is 5.92. The quantitative estimate of drug-likeness (QED) is 0.794. The van der Waals surface area contributed by atoms with E-state index in [0.717, 1.165) is 29.1 Å². The maximum atomic E-state index is 8.94. The van der Waals surface area contributed by atoms with Gasteiger partial charge < -0.3 is 10.6 Å². The van der Waals surface area contributed by atoms with Crippen molar-refractivity contribution in [3.8, 4) is 12.1 Å². The third-order valence-corrected chi connectivity index (χ3v) is 6.55. The van der Waals surface area contributed by atoms with Crippen molar-refractivity contribution in [2.45, 2.75) is 43.9 Å². The molecule has 5 rings (SSSR count). The summed E-state index contributed by atoms with van der Waals surface area (Å²) in [6.07, 6.45) is 9.80. The van der Waals surface area contributed by atoms with E-state index in [2.05, 4.69) is 28.8 Å². The van der Waals surface area contributed by atoms with Crippen molar-refractivity contribution in [1.82, 2.24) is 0 Å². The minimum Gasteiger partial charge on any atom is -0.386 e. The van der Waals surface area contributed by atoms with Crippen molar-refractivity contribution in [3.05, 3.63) is 35.5 Å². The van der Waals surface area contributed by atoms with Crippen LogP contribution in [0.25, 0.3) is 0 Å². The summed E-state index contributed by atoms with van der Waals surface area (Å²) < 4.78 is 0. The van der Waals surface area contributed by atoms with E-state index >= 15 is 0 Å². The van der Waals surface area contributed by atoms with Crippen molar-refractivity contribution in [2.75, 3.05) is 17.7 Å². The maximum absolute atomic E-state index is 8.94. The summed E-state index contributed by atoms with van der Waals surface area (Å²) >= 11 is 0. The lowest BCUT2D eigenvalue weighted by molar-refractivity contribution is -0.00515. The van der Waals surface area contributed by atoms with Crippen LogP contribution in [0, 0.1) is 40.4 Å². The molecule has 1 aromatic carbocycles. The van der Waals surface area contributed by atoms with Gasteiger partial charge in [-0.2, -0.15) is 10.5 Å². The Morgan fingerprint density at radius 2 is 1.64 bits per heavy atom.